The van der Waals surface area contributed by atoms with Crippen molar-refractivity contribution >= 4 is 0 Å². The number of nitrogens with one attached hydrogen (secondary N) is 1. The van der Waals surface area contributed by atoms with Crippen molar-refractivity contribution in [3.63, 3.8) is 0 Å². The zero-order valence-corrected chi connectivity index (χ0v) is 11.0. The SMILES string of the molecule is CNC(c1cc(F)ccc1C)C1CCCC1C. The minimum atomic E-state index is -0.128. The van der Waals surface area contributed by atoms with Crippen molar-refractivity contribution in [2.75, 3.05) is 7.05 Å². The van der Waals surface area contributed by atoms with Crippen molar-refractivity contribution in [3.05, 3.63) is 35.1 Å². The Morgan fingerprint density at radius 2 is 2.12 bits per heavy atom. The van der Waals surface area contributed by atoms with Crippen molar-refractivity contribution in [1.29, 1.82) is 0 Å². The number of hydrogen-bond donors (Lipinski definition) is 1. The van der Waals surface area contributed by atoms with E-state index in [1.807, 2.05) is 13.1 Å². The number of benzene rings is 1. The summed E-state index contributed by atoms with van der Waals surface area (Å²) in [5.74, 6) is 1.24. The van der Waals surface area contributed by atoms with Gasteiger partial charge in [-0.05, 0) is 55.5 Å². The van der Waals surface area contributed by atoms with Gasteiger partial charge in [0.05, 0.1) is 0 Å². The predicted octanol–water partition coefficient (Wildman–Crippen LogP) is 3.83. The maximum Gasteiger partial charge on any atom is 0.123 e. The summed E-state index contributed by atoms with van der Waals surface area (Å²) < 4.78 is 13.4. The van der Waals surface area contributed by atoms with Crippen LogP contribution < -0.4 is 5.32 Å². The lowest BCUT2D eigenvalue weighted by Gasteiger charge is -2.28. The minimum Gasteiger partial charge on any atom is -0.313 e. The molecule has 1 aliphatic rings. The molecule has 0 saturated heterocycles. The zero-order chi connectivity index (χ0) is 12.4. The fourth-order valence-corrected chi connectivity index (χ4v) is 3.22. The fraction of sp³-hybridized carbons (Fsp3) is 0.600. The third-order valence-electron chi connectivity index (χ3n) is 4.24. The molecule has 0 radical (unpaired) electrons. The van der Waals surface area contributed by atoms with Gasteiger partial charge in [0, 0.05) is 6.04 Å². The summed E-state index contributed by atoms with van der Waals surface area (Å²) in [5, 5.41) is 3.39. The first-order valence-corrected chi connectivity index (χ1v) is 6.56. The lowest BCUT2D eigenvalue weighted by molar-refractivity contribution is 0.314. The van der Waals surface area contributed by atoms with Gasteiger partial charge >= 0.3 is 0 Å². The first kappa shape index (κ1) is 12.6. The number of hydrogen-bond acceptors (Lipinski definition) is 1. The van der Waals surface area contributed by atoms with Crippen molar-refractivity contribution in [2.45, 2.75) is 39.2 Å². The Morgan fingerprint density at radius 1 is 1.35 bits per heavy atom. The van der Waals surface area contributed by atoms with Crippen LogP contribution in [0.2, 0.25) is 0 Å². The highest BCUT2D eigenvalue weighted by molar-refractivity contribution is 5.30. The summed E-state index contributed by atoms with van der Waals surface area (Å²) in [6, 6.07) is 5.42. The molecule has 0 heterocycles. The van der Waals surface area contributed by atoms with Crippen molar-refractivity contribution in [3.8, 4) is 0 Å². The summed E-state index contributed by atoms with van der Waals surface area (Å²) in [7, 11) is 1.99. The van der Waals surface area contributed by atoms with Gasteiger partial charge in [0.2, 0.25) is 0 Å². The highest BCUT2D eigenvalue weighted by Gasteiger charge is 2.31. The molecular weight excluding hydrogens is 213 g/mol. The molecule has 0 amide bonds. The second kappa shape index (κ2) is 5.18. The lowest BCUT2D eigenvalue weighted by atomic mass is 9.84. The van der Waals surface area contributed by atoms with Gasteiger partial charge in [0.15, 0.2) is 0 Å². The number of aryl methyl sites for hydroxylation is 1. The van der Waals surface area contributed by atoms with E-state index in [0.717, 1.165) is 11.5 Å². The highest BCUT2D eigenvalue weighted by Crippen LogP contribution is 2.40. The Bertz CT molecular complexity index is 389. The van der Waals surface area contributed by atoms with Crippen LogP contribution in [0, 0.1) is 24.6 Å². The van der Waals surface area contributed by atoms with E-state index in [9.17, 15) is 4.39 Å². The molecule has 1 aromatic rings. The van der Waals surface area contributed by atoms with Gasteiger partial charge < -0.3 is 5.32 Å². The molecule has 1 saturated carbocycles. The molecule has 0 aromatic heterocycles. The van der Waals surface area contributed by atoms with Gasteiger partial charge in [-0.1, -0.05) is 25.8 Å². The molecule has 0 spiro atoms. The molecule has 3 unspecified atom stereocenters. The van der Waals surface area contributed by atoms with Gasteiger partial charge in [0.25, 0.3) is 0 Å². The largest absolute Gasteiger partial charge is 0.313 e. The van der Waals surface area contributed by atoms with E-state index in [1.165, 1.54) is 24.8 Å². The third-order valence-corrected chi connectivity index (χ3v) is 4.24. The summed E-state index contributed by atoms with van der Waals surface area (Å²) in [5.41, 5.74) is 2.32. The van der Waals surface area contributed by atoms with E-state index >= 15 is 0 Å². The van der Waals surface area contributed by atoms with E-state index in [-0.39, 0.29) is 5.82 Å². The van der Waals surface area contributed by atoms with Crippen LogP contribution in [0.4, 0.5) is 4.39 Å². The molecule has 1 aliphatic carbocycles. The topological polar surface area (TPSA) is 12.0 Å². The molecule has 17 heavy (non-hydrogen) atoms. The smallest absolute Gasteiger partial charge is 0.123 e. The first-order valence-electron chi connectivity index (χ1n) is 6.56. The molecule has 3 atom stereocenters. The maximum atomic E-state index is 13.4. The predicted molar refractivity (Wildman–Crippen MR) is 69.4 cm³/mol. The lowest BCUT2D eigenvalue weighted by Crippen LogP contribution is -2.27. The van der Waals surface area contributed by atoms with E-state index < -0.39 is 0 Å². The molecule has 1 N–H and O–H groups in total. The molecular formula is C15H22FN. The summed E-state index contributed by atoms with van der Waals surface area (Å²) in [6.07, 6.45) is 3.86. The second-order valence-corrected chi connectivity index (χ2v) is 5.34. The van der Waals surface area contributed by atoms with Gasteiger partial charge in [-0.2, -0.15) is 0 Å². The van der Waals surface area contributed by atoms with E-state index in [0.29, 0.717) is 12.0 Å². The summed E-state index contributed by atoms with van der Waals surface area (Å²) in [6.45, 7) is 4.38. The average Bonchev–Trinajstić information content (AvgIpc) is 2.71. The van der Waals surface area contributed by atoms with Gasteiger partial charge in [-0.25, -0.2) is 4.39 Å². The Hall–Kier alpha value is -0.890. The second-order valence-electron chi connectivity index (χ2n) is 5.34. The molecule has 2 rings (SSSR count). The van der Waals surface area contributed by atoms with Crippen LogP contribution in [0.15, 0.2) is 18.2 Å². The quantitative estimate of drug-likeness (QED) is 0.839. The molecule has 0 aliphatic heterocycles. The van der Waals surface area contributed by atoms with Crippen molar-refractivity contribution in [2.24, 2.45) is 11.8 Å². The van der Waals surface area contributed by atoms with Crippen LogP contribution in [0.5, 0.6) is 0 Å². The number of halogens is 1. The minimum absolute atomic E-state index is 0.128. The van der Waals surface area contributed by atoms with Crippen LogP contribution in [-0.2, 0) is 0 Å². The molecule has 1 fully saturated rings. The Morgan fingerprint density at radius 3 is 2.71 bits per heavy atom. The Kier molecular flexibility index (Phi) is 3.82. The zero-order valence-electron chi connectivity index (χ0n) is 11.0. The van der Waals surface area contributed by atoms with Crippen LogP contribution in [0.1, 0.15) is 43.4 Å². The van der Waals surface area contributed by atoms with Crippen LogP contribution in [0.3, 0.4) is 0 Å². The van der Waals surface area contributed by atoms with E-state index in [4.69, 9.17) is 0 Å². The monoisotopic (exact) mass is 235 g/mol. The van der Waals surface area contributed by atoms with Crippen LogP contribution in [0.25, 0.3) is 0 Å². The van der Waals surface area contributed by atoms with Crippen LogP contribution >= 0.6 is 0 Å². The summed E-state index contributed by atoms with van der Waals surface area (Å²) >= 11 is 0. The van der Waals surface area contributed by atoms with E-state index in [1.54, 1.807) is 12.1 Å². The summed E-state index contributed by atoms with van der Waals surface area (Å²) in [4.78, 5) is 0. The molecule has 1 aromatic carbocycles. The normalized spacial score (nSPS) is 26.1. The van der Waals surface area contributed by atoms with Gasteiger partial charge in [-0.15, -0.1) is 0 Å². The van der Waals surface area contributed by atoms with Crippen LogP contribution in [-0.4, -0.2) is 7.05 Å². The third kappa shape index (κ3) is 2.52. The van der Waals surface area contributed by atoms with Gasteiger partial charge in [0.1, 0.15) is 5.82 Å². The van der Waals surface area contributed by atoms with Crippen molar-refractivity contribution < 1.29 is 4.39 Å². The van der Waals surface area contributed by atoms with Gasteiger partial charge in [-0.3, -0.25) is 0 Å². The number of rotatable bonds is 3. The molecule has 0 bridgehead atoms. The average molecular weight is 235 g/mol. The molecule has 1 nitrogen and oxygen atoms in total. The first-order chi connectivity index (χ1) is 8.13. The highest BCUT2D eigenvalue weighted by atomic mass is 19.1. The standard InChI is InChI=1S/C15H22FN/c1-10-5-4-6-13(10)15(17-3)14-9-12(16)8-7-11(14)2/h7-10,13,15,17H,4-6H2,1-3H3. The molecule has 94 valence electrons. The van der Waals surface area contributed by atoms with Crippen molar-refractivity contribution in [1.82, 2.24) is 5.32 Å². The molecule has 2 heteroatoms. The maximum absolute atomic E-state index is 13.4. The Balaban J connectivity index is 2.31. The Labute approximate surface area is 103 Å². The van der Waals surface area contributed by atoms with E-state index in [2.05, 4.69) is 19.2 Å². The fourth-order valence-electron chi connectivity index (χ4n) is 3.22.